The van der Waals surface area contributed by atoms with Crippen LogP contribution in [0.1, 0.15) is 26.2 Å². The van der Waals surface area contributed by atoms with Crippen LogP contribution in [0, 0.1) is 0 Å². The van der Waals surface area contributed by atoms with E-state index in [0.29, 0.717) is 19.6 Å². The molecule has 0 atom stereocenters. The molecule has 0 saturated carbocycles. The Labute approximate surface area is 108 Å². The minimum Gasteiger partial charge on any atom is -0.464 e. The largest absolute Gasteiger partial charge is 0.464 e. The average molecular weight is 279 g/mol. The second-order valence-corrected chi connectivity index (χ2v) is 3.73. The van der Waals surface area contributed by atoms with Gasteiger partial charge in [-0.2, -0.15) is 28.1 Å². The number of alkyl halides is 3. The molecule has 0 amide bonds. The highest BCUT2D eigenvalue weighted by atomic mass is 19.4. The number of nitrogens with zero attached hydrogens (tertiary/aromatic N) is 3. The van der Waals surface area contributed by atoms with Crippen LogP contribution in [0.5, 0.6) is 6.01 Å². The predicted molar refractivity (Wildman–Crippen MR) is 63.8 cm³/mol. The normalized spacial score (nSPS) is 11.4. The molecular formula is C10H16F3N5O. The summed E-state index contributed by atoms with van der Waals surface area (Å²) in [6.07, 6.45) is -4.50. The lowest BCUT2D eigenvalue weighted by Gasteiger charge is -2.08. The van der Waals surface area contributed by atoms with E-state index in [-0.39, 0.29) is 24.3 Å². The second kappa shape index (κ2) is 6.95. The number of anilines is 2. The first-order chi connectivity index (χ1) is 8.90. The van der Waals surface area contributed by atoms with Crippen LogP contribution < -0.4 is 15.8 Å². The van der Waals surface area contributed by atoms with Gasteiger partial charge >= 0.3 is 12.2 Å². The summed E-state index contributed by atoms with van der Waals surface area (Å²) in [6.45, 7) is 2.48. The number of nitrogen functional groups attached to an aromatic ring is 1. The van der Waals surface area contributed by atoms with E-state index in [1.807, 2.05) is 0 Å². The zero-order chi connectivity index (χ0) is 14.3. The van der Waals surface area contributed by atoms with E-state index in [1.165, 1.54) is 0 Å². The lowest BCUT2D eigenvalue weighted by Crippen LogP contribution is -2.11. The van der Waals surface area contributed by atoms with Gasteiger partial charge in [-0.15, -0.1) is 0 Å². The molecule has 0 spiro atoms. The summed E-state index contributed by atoms with van der Waals surface area (Å²) in [5, 5.41) is 2.78. The monoisotopic (exact) mass is 279 g/mol. The van der Waals surface area contributed by atoms with Gasteiger partial charge in [0.25, 0.3) is 0 Å². The molecule has 1 aromatic heterocycles. The third-order valence-corrected chi connectivity index (χ3v) is 2.08. The van der Waals surface area contributed by atoms with E-state index in [0.717, 1.165) is 0 Å². The van der Waals surface area contributed by atoms with Gasteiger partial charge in [0.05, 0.1) is 6.61 Å². The Morgan fingerprint density at radius 1 is 1.21 bits per heavy atom. The summed E-state index contributed by atoms with van der Waals surface area (Å²) in [5.74, 6) is 0.194. The third kappa shape index (κ3) is 6.63. The van der Waals surface area contributed by atoms with E-state index < -0.39 is 12.6 Å². The van der Waals surface area contributed by atoms with Crippen LogP contribution in [-0.4, -0.2) is 34.3 Å². The zero-order valence-corrected chi connectivity index (χ0v) is 10.5. The van der Waals surface area contributed by atoms with Crippen LogP contribution in [0.15, 0.2) is 0 Å². The Hall–Kier alpha value is -1.80. The molecule has 0 aliphatic rings. The number of unbranched alkanes of at least 4 members (excludes halogenated alkanes) is 1. The highest BCUT2D eigenvalue weighted by Gasteiger charge is 2.25. The van der Waals surface area contributed by atoms with E-state index >= 15 is 0 Å². The number of nitrogens with one attached hydrogen (secondary N) is 1. The van der Waals surface area contributed by atoms with Crippen molar-refractivity contribution >= 4 is 11.9 Å². The van der Waals surface area contributed by atoms with Crippen LogP contribution in [0.4, 0.5) is 25.1 Å². The topological polar surface area (TPSA) is 86.0 Å². The quantitative estimate of drug-likeness (QED) is 0.742. The molecule has 1 rings (SSSR count). The van der Waals surface area contributed by atoms with Gasteiger partial charge in [-0.05, 0) is 19.8 Å². The van der Waals surface area contributed by atoms with E-state index in [4.69, 9.17) is 10.5 Å². The highest BCUT2D eigenvalue weighted by Crippen LogP contribution is 2.22. The number of aromatic nitrogens is 3. The Morgan fingerprint density at radius 2 is 1.95 bits per heavy atom. The number of ether oxygens (including phenoxy) is 1. The van der Waals surface area contributed by atoms with Crippen LogP contribution in [0.2, 0.25) is 0 Å². The third-order valence-electron chi connectivity index (χ3n) is 2.08. The molecule has 0 fully saturated rings. The molecule has 0 aliphatic carbocycles. The van der Waals surface area contributed by atoms with Crippen LogP contribution in [0.25, 0.3) is 0 Å². The molecule has 0 saturated heterocycles. The van der Waals surface area contributed by atoms with Crippen molar-refractivity contribution < 1.29 is 17.9 Å². The summed E-state index contributed by atoms with van der Waals surface area (Å²) in [4.78, 5) is 11.5. The van der Waals surface area contributed by atoms with Gasteiger partial charge in [-0.3, -0.25) is 0 Å². The molecule has 0 unspecified atom stereocenters. The Morgan fingerprint density at radius 3 is 2.58 bits per heavy atom. The average Bonchev–Trinajstić information content (AvgIpc) is 2.26. The minimum absolute atomic E-state index is 0.00348. The first kappa shape index (κ1) is 15.3. The summed E-state index contributed by atoms with van der Waals surface area (Å²) < 4.78 is 40.8. The van der Waals surface area contributed by atoms with Crippen molar-refractivity contribution in [3.05, 3.63) is 0 Å². The fourth-order valence-electron chi connectivity index (χ4n) is 1.30. The number of halogens is 3. The Bertz CT molecular complexity index is 399. The molecule has 9 heteroatoms. The summed E-state index contributed by atoms with van der Waals surface area (Å²) in [6, 6.07) is 0.0905. The number of hydrogen-bond acceptors (Lipinski definition) is 6. The Balaban J connectivity index is 2.36. The van der Waals surface area contributed by atoms with Gasteiger partial charge < -0.3 is 15.8 Å². The fraction of sp³-hybridized carbons (Fsp3) is 0.700. The maximum Gasteiger partial charge on any atom is 0.389 e. The number of rotatable bonds is 7. The molecule has 1 aromatic rings. The summed E-state index contributed by atoms with van der Waals surface area (Å²) >= 11 is 0. The fourth-order valence-corrected chi connectivity index (χ4v) is 1.30. The van der Waals surface area contributed by atoms with Crippen LogP contribution in [-0.2, 0) is 0 Å². The van der Waals surface area contributed by atoms with Crippen molar-refractivity contribution in [3.8, 4) is 6.01 Å². The Kier molecular flexibility index (Phi) is 5.58. The minimum atomic E-state index is -4.11. The van der Waals surface area contributed by atoms with E-state index in [2.05, 4.69) is 20.3 Å². The second-order valence-electron chi connectivity index (χ2n) is 3.73. The summed E-state index contributed by atoms with van der Waals surface area (Å²) in [5.41, 5.74) is 5.45. The van der Waals surface area contributed by atoms with Crippen molar-refractivity contribution in [2.75, 3.05) is 24.2 Å². The molecule has 19 heavy (non-hydrogen) atoms. The standard InChI is InChI=1S/C10H16F3N5O/c1-2-19-9-17-7(14)16-8(18-9)15-6-4-3-5-10(11,12)13/h2-6H2,1H3,(H3,14,15,16,17,18). The van der Waals surface area contributed by atoms with Crippen molar-refractivity contribution in [2.45, 2.75) is 32.4 Å². The van der Waals surface area contributed by atoms with Crippen molar-refractivity contribution in [3.63, 3.8) is 0 Å². The van der Waals surface area contributed by atoms with Gasteiger partial charge in [-0.1, -0.05) is 0 Å². The van der Waals surface area contributed by atoms with Crippen LogP contribution >= 0.6 is 0 Å². The zero-order valence-electron chi connectivity index (χ0n) is 10.5. The lowest BCUT2D eigenvalue weighted by atomic mass is 10.2. The number of hydrogen-bond donors (Lipinski definition) is 2. The first-order valence-electron chi connectivity index (χ1n) is 5.85. The first-order valence-corrected chi connectivity index (χ1v) is 5.85. The molecule has 0 radical (unpaired) electrons. The van der Waals surface area contributed by atoms with Gasteiger partial charge in [-0.25, -0.2) is 0 Å². The van der Waals surface area contributed by atoms with Gasteiger partial charge in [0.1, 0.15) is 0 Å². The maximum absolute atomic E-state index is 11.9. The highest BCUT2D eigenvalue weighted by molar-refractivity contribution is 5.32. The molecule has 108 valence electrons. The SMILES string of the molecule is CCOc1nc(N)nc(NCCCCC(F)(F)F)n1. The van der Waals surface area contributed by atoms with Crippen molar-refractivity contribution in [1.82, 2.24) is 15.0 Å². The molecule has 0 aliphatic heterocycles. The maximum atomic E-state index is 11.9. The van der Waals surface area contributed by atoms with E-state index in [1.54, 1.807) is 6.92 Å². The van der Waals surface area contributed by atoms with Crippen LogP contribution in [0.3, 0.4) is 0 Å². The van der Waals surface area contributed by atoms with Crippen molar-refractivity contribution in [1.29, 1.82) is 0 Å². The van der Waals surface area contributed by atoms with Gasteiger partial charge in [0.15, 0.2) is 0 Å². The lowest BCUT2D eigenvalue weighted by molar-refractivity contribution is -0.135. The molecule has 0 aromatic carbocycles. The van der Waals surface area contributed by atoms with E-state index in [9.17, 15) is 13.2 Å². The molecule has 3 N–H and O–H groups in total. The van der Waals surface area contributed by atoms with Gasteiger partial charge in [0, 0.05) is 13.0 Å². The smallest absolute Gasteiger partial charge is 0.389 e. The molecular weight excluding hydrogens is 263 g/mol. The van der Waals surface area contributed by atoms with Crippen molar-refractivity contribution in [2.24, 2.45) is 0 Å². The van der Waals surface area contributed by atoms with Gasteiger partial charge in [0.2, 0.25) is 11.9 Å². The molecule has 6 nitrogen and oxygen atoms in total. The molecule has 0 bridgehead atoms. The summed E-state index contributed by atoms with van der Waals surface area (Å²) in [7, 11) is 0. The molecule has 1 heterocycles. The number of nitrogens with two attached hydrogens (primary N) is 1. The predicted octanol–water partition coefficient (Wildman–Crippen LogP) is 2.00.